The Hall–Kier alpha value is -1.30. The molecule has 0 spiro atoms. The predicted octanol–water partition coefficient (Wildman–Crippen LogP) is 1.04. The normalized spacial score (nSPS) is 20.2. The fraction of sp³-hybridized carbons (Fsp3) is 0.846. The number of aliphatic hydroxyl groups is 1. The first-order chi connectivity index (χ1) is 8.71. The van der Waals surface area contributed by atoms with E-state index >= 15 is 0 Å². The number of hydrogen-bond acceptors (Lipinski definition) is 3. The van der Waals surface area contributed by atoms with E-state index in [2.05, 4.69) is 5.32 Å². The maximum atomic E-state index is 12.0. The highest BCUT2D eigenvalue weighted by atomic mass is 16.4. The summed E-state index contributed by atoms with van der Waals surface area (Å²) in [6.45, 7) is 6.49. The van der Waals surface area contributed by atoms with E-state index in [9.17, 15) is 14.7 Å². The standard InChI is InChI=1S/C13H24N2O4/c1-9(2)8-10(11(16)17)14-12(18)15-6-4-13(3,19)5-7-15/h9-10,19H,4-8H2,1-3H3,(H,14,18)(H,16,17)/t10-/m1/s1. The fourth-order valence-corrected chi connectivity index (χ4v) is 2.12. The zero-order chi connectivity index (χ0) is 14.6. The van der Waals surface area contributed by atoms with Gasteiger partial charge in [0, 0.05) is 13.1 Å². The van der Waals surface area contributed by atoms with Crippen molar-refractivity contribution >= 4 is 12.0 Å². The quantitative estimate of drug-likeness (QED) is 0.713. The molecule has 110 valence electrons. The van der Waals surface area contributed by atoms with Gasteiger partial charge in [0.05, 0.1) is 5.60 Å². The van der Waals surface area contributed by atoms with Crippen LogP contribution < -0.4 is 5.32 Å². The van der Waals surface area contributed by atoms with Gasteiger partial charge in [0.25, 0.3) is 0 Å². The zero-order valence-electron chi connectivity index (χ0n) is 11.8. The van der Waals surface area contributed by atoms with Gasteiger partial charge in [-0.3, -0.25) is 0 Å². The van der Waals surface area contributed by atoms with Gasteiger partial charge in [-0.2, -0.15) is 0 Å². The molecule has 0 aliphatic carbocycles. The van der Waals surface area contributed by atoms with E-state index in [1.807, 2.05) is 13.8 Å². The van der Waals surface area contributed by atoms with E-state index in [-0.39, 0.29) is 11.9 Å². The summed E-state index contributed by atoms with van der Waals surface area (Å²) in [5.41, 5.74) is -0.721. The van der Waals surface area contributed by atoms with Crippen LogP contribution in [0.25, 0.3) is 0 Å². The van der Waals surface area contributed by atoms with Gasteiger partial charge < -0.3 is 20.4 Å². The molecule has 1 aliphatic heterocycles. The number of nitrogens with one attached hydrogen (secondary N) is 1. The van der Waals surface area contributed by atoms with Crippen LogP contribution in [0.4, 0.5) is 4.79 Å². The number of hydrogen-bond donors (Lipinski definition) is 3. The third kappa shape index (κ3) is 5.06. The molecule has 6 heteroatoms. The first-order valence-electron chi connectivity index (χ1n) is 6.72. The van der Waals surface area contributed by atoms with E-state index in [0.29, 0.717) is 32.4 Å². The molecule has 0 unspecified atom stereocenters. The molecule has 1 aliphatic rings. The molecule has 1 saturated heterocycles. The number of carbonyl (C=O) groups excluding carboxylic acids is 1. The van der Waals surface area contributed by atoms with Gasteiger partial charge >= 0.3 is 12.0 Å². The van der Waals surface area contributed by atoms with Gasteiger partial charge in [-0.15, -0.1) is 0 Å². The summed E-state index contributed by atoms with van der Waals surface area (Å²) in [5, 5.41) is 21.4. The molecule has 6 nitrogen and oxygen atoms in total. The highest BCUT2D eigenvalue weighted by Crippen LogP contribution is 2.21. The van der Waals surface area contributed by atoms with Crippen molar-refractivity contribution in [2.24, 2.45) is 5.92 Å². The van der Waals surface area contributed by atoms with Crippen molar-refractivity contribution < 1.29 is 19.8 Å². The first kappa shape index (κ1) is 15.8. The Kier molecular flexibility index (Phi) is 5.17. The lowest BCUT2D eigenvalue weighted by Gasteiger charge is -2.36. The number of carboxylic acid groups (broad SMARTS) is 1. The molecule has 1 atom stereocenters. The van der Waals surface area contributed by atoms with Crippen LogP contribution >= 0.6 is 0 Å². The number of likely N-dealkylation sites (tertiary alicyclic amines) is 1. The zero-order valence-corrected chi connectivity index (χ0v) is 11.8. The molecule has 1 fully saturated rings. The van der Waals surface area contributed by atoms with Crippen molar-refractivity contribution in [2.45, 2.75) is 51.7 Å². The molecule has 2 amide bonds. The lowest BCUT2D eigenvalue weighted by atomic mass is 9.94. The summed E-state index contributed by atoms with van der Waals surface area (Å²) in [4.78, 5) is 24.6. The molecule has 1 rings (SSSR count). The number of carbonyl (C=O) groups is 2. The Balaban J connectivity index is 2.51. The summed E-state index contributed by atoms with van der Waals surface area (Å²) in [7, 11) is 0. The predicted molar refractivity (Wildman–Crippen MR) is 70.8 cm³/mol. The van der Waals surface area contributed by atoms with Gasteiger partial charge in [-0.25, -0.2) is 9.59 Å². The van der Waals surface area contributed by atoms with E-state index in [4.69, 9.17) is 5.11 Å². The maximum Gasteiger partial charge on any atom is 0.326 e. The molecule has 0 radical (unpaired) electrons. The highest BCUT2D eigenvalue weighted by molar-refractivity contribution is 5.82. The SMILES string of the molecule is CC(C)C[C@@H](NC(=O)N1CCC(C)(O)CC1)C(=O)O. The van der Waals surface area contributed by atoms with Crippen LogP contribution in [0, 0.1) is 5.92 Å². The molecule has 3 N–H and O–H groups in total. The molecular formula is C13H24N2O4. The van der Waals surface area contributed by atoms with Crippen molar-refractivity contribution in [3.8, 4) is 0 Å². The molecule has 0 aromatic heterocycles. The van der Waals surface area contributed by atoms with E-state index in [1.165, 1.54) is 0 Å². The van der Waals surface area contributed by atoms with Gasteiger partial charge in [-0.05, 0) is 32.1 Å². The molecule has 19 heavy (non-hydrogen) atoms. The Labute approximate surface area is 113 Å². The topological polar surface area (TPSA) is 89.9 Å². The Bertz CT molecular complexity index is 332. The van der Waals surface area contributed by atoms with E-state index in [1.54, 1.807) is 11.8 Å². The van der Waals surface area contributed by atoms with Crippen LogP contribution in [0.1, 0.15) is 40.0 Å². The molecule has 0 saturated carbocycles. The fourth-order valence-electron chi connectivity index (χ4n) is 2.12. The van der Waals surface area contributed by atoms with Crippen LogP contribution in [0.2, 0.25) is 0 Å². The second-order valence-electron chi connectivity index (χ2n) is 5.95. The van der Waals surface area contributed by atoms with Crippen LogP contribution in [-0.4, -0.2) is 51.8 Å². The number of piperidine rings is 1. The summed E-state index contributed by atoms with van der Waals surface area (Å²) in [6, 6.07) is -1.21. The molecule has 0 bridgehead atoms. The Morgan fingerprint density at radius 3 is 2.26 bits per heavy atom. The molecule has 0 aromatic rings. The second kappa shape index (κ2) is 6.23. The number of aliphatic carboxylic acids is 1. The van der Waals surface area contributed by atoms with Crippen molar-refractivity contribution in [1.29, 1.82) is 0 Å². The van der Waals surface area contributed by atoms with Gasteiger partial charge in [0.2, 0.25) is 0 Å². The van der Waals surface area contributed by atoms with Crippen LogP contribution in [0.5, 0.6) is 0 Å². The Morgan fingerprint density at radius 1 is 1.32 bits per heavy atom. The number of rotatable bonds is 4. The third-order valence-electron chi connectivity index (χ3n) is 3.43. The van der Waals surface area contributed by atoms with E-state index in [0.717, 1.165) is 0 Å². The number of nitrogens with zero attached hydrogens (tertiary/aromatic N) is 1. The average Bonchev–Trinajstić information content (AvgIpc) is 2.27. The monoisotopic (exact) mass is 272 g/mol. The first-order valence-corrected chi connectivity index (χ1v) is 6.72. The smallest absolute Gasteiger partial charge is 0.326 e. The average molecular weight is 272 g/mol. The third-order valence-corrected chi connectivity index (χ3v) is 3.43. The van der Waals surface area contributed by atoms with Crippen molar-refractivity contribution in [2.75, 3.05) is 13.1 Å². The summed E-state index contributed by atoms with van der Waals surface area (Å²) in [6.07, 6.45) is 1.44. The summed E-state index contributed by atoms with van der Waals surface area (Å²) < 4.78 is 0. The molecular weight excluding hydrogens is 248 g/mol. The summed E-state index contributed by atoms with van der Waals surface area (Å²) in [5.74, 6) is -0.811. The Morgan fingerprint density at radius 2 is 1.84 bits per heavy atom. The van der Waals surface area contributed by atoms with Crippen LogP contribution in [0.3, 0.4) is 0 Å². The number of carboxylic acids is 1. The van der Waals surface area contributed by atoms with Gasteiger partial charge in [-0.1, -0.05) is 13.8 Å². The maximum absolute atomic E-state index is 12.0. The minimum Gasteiger partial charge on any atom is -0.480 e. The minimum absolute atomic E-state index is 0.198. The van der Waals surface area contributed by atoms with Crippen LogP contribution in [-0.2, 0) is 4.79 Å². The van der Waals surface area contributed by atoms with Crippen molar-refractivity contribution in [3.63, 3.8) is 0 Å². The van der Waals surface area contributed by atoms with E-state index < -0.39 is 17.6 Å². The van der Waals surface area contributed by atoms with Gasteiger partial charge in [0.15, 0.2) is 0 Å². The number of amides is 2. The minimum atomic E-state index is -1.01. The molecule has 1 heterocycles. The van der Waals surface area contributed by atoms with Gasteiger partial charge in [0.1, 0.15) is 6.04 Å². The largest absolute Gasteiger partial charge is 0.480 e. The van der Waals surface area contributed by atoms with Crippen molar-refractivity contribution in [1.82, 2.24) is 10.2 Å². The lowest BCUT2D eigenvalue weighted by Crippen LogP contribution is -2.52. The van der Waals surface area contributed by atoms with Crippen molar-refractivity contribution in [3.05, 3.63) is 0 Å². The van der Waals surface area contributed by atoms with Crippen LogP contribution in [0.15, 0.2) is 0 Å². The molecule has 0 aromatic carbocycles. The highest BCUT2D eigenvalue weighted by Gasteiger charge is 2.31. The summed E-state index contributed by atoms with van der Waals surface area (Å²) >= 11 is 0. The lowest BCUT2D eigenvalue weighted by molar-refractivity contribution is -0.139. The number of urea groups is 1. The second-order valence-corrected chi connectivity index (χ2v) is 5.95.